The summed E-state index contributed by atoms with van der Waals surface area (Å²) < 4.78 is 10.9. The molecule has 0 spiro atoms. The third kappa shape index (κ3) is 2.67. The van der Waals surface area contributed by atoms with Crippen molar-refractivity contribution in [3.8, 4) is 5.75 Å². The van der Waals surface area contributed by atoms with Crippen molar-refractivity contribution in [2.24, 2.45) is 0 Å². The van der Waals surface area contributed by atoms with Gasteiger partial charge in [0.25, 0.3) is 0 Å². The second-order valence-corrected chi connectivity index (χ2v) is 5.59. The van der Waals surface area contributed by atoms with Crippen molar-refractivity contribution >= 4 is 22.5 Å². The van der Waals surface area contributed by atoms with Crippen molar-refractivity contribution in [1.29, 1.82) is 0 Å². The number of H-pyrrole nitrogens is 1. The first-order valence-corrected chi connectivity index (χ1v) is 7.13. The van der Waals surface area contributed by atoms with E-state index in [-0.39, 0.29) is 0 Å². The normalized spacial score (nSPS) is 32.3. The van der Waals surface area contributed by atoms with E-state index in [1.807, 2.05) is 0 Å². The molecule has 1 fully saturated rings. The molecular formula is C14H16ClNO6. The summed E-state index contributed by atoms with van der Waals surface area (Å²) in [6, 6.07) is 5.16. The minimum absolute atomic E-state index is 0.399. The van der Waals surface area contributed by atoms with E-state index in [9.17, 15) is 15.3 Å². The molecule has 0 radical (unpaired) electrons. The predicted molar refractivity (Wildman–Crippen MR) is 77.7 cm³/mol. The maximum Gasteiger partial charge on any atom is 0.229 e. The van der Waals surface area contributed by atoms with Crippen LogP contribution in [0.15, 0.2) is 24.4 Å². The Kier molecular flexibility index (Phi) is 4.26. The van der Waals surface area contributed by atoms with E-state index in [2.05, 4.69) is 4.98 Å². The number of benzene rings is 1. The largest absolute Gasteiger partial charge is 0.460 e. The van der Waals surface area contributed by atoms with Gasteiger partial charge in [0.05, 0.1) is 12.1 Å². The minimum Gasteiger partial charge on any atom is -0.460 e. The van der Waals surface area contributed by atoms with E-state index in [0.717, 1.165) is 10.9 Å². The lowest BCUT2D eigenvalue weighted by Gasteiger charge is -2.39. The average molecular weight is 330 g/mol. The van der Waals surface area contributed by atoms with Crippen molar-refractivity contribution in [3.05, 3.63) is 29.4 Å². The van der Waals surface area contributed by atoms with Crippen LogP contribution in [0.25, 0.3) is 10.9 Å². The Morgan fingerprint density at radius 3 is 2.68 bits per heavy atom. The number of nitrogens with one attached hydrogen (secondary N) is 1. The molecule has 0 amide bonds. The number of aromatic amines is 1. The van der Waals surface area contributed by atoms with Crippen LogP contribution in [0.3, 0.4) is 0 Å². The summed E-state index contributed by atoms with van der Waals surface area (Å²) in [4.78, 5) is 2.97. The van der Waals surface area contributed by atoms with E-state index in [4.69, 9.17) is 26.2 Å². The lowest BCUT2D eigenvalue weighted by Crippen LogP contribution is -2.60. The monoisotopic (exact) mass is 329 g/mol. The molecule has 0 aliphatic carbocycles. The first kappa shape index (κ1) is 15.5. The molecule has 5 atom stereocenters. The fourth-order valence-corrected chi connectivity index (χ4v) is 2.63. The zero-order chi connectivity index (χ0) is 15.9. The molecule has 5 N–H and O–H groups in total. The predicted octanol–water partition coefficient (Wildman–Crippen LogP) is -0.000000000000000278. The van der Waals surface area contributed by atoms with Crippen LogP contribution < -0.4 is 4.74 Å². The quantitative estimate of drug-likeness (QED) is 0.541. The van der Waals surface area contributed by atoms with Crippen LogP contribution in [0, 0.1) is 0 Å². The Balaban J connectivity index is 1.84. The van der Waals surface area contributed by atoms with Crippen molar-refractivity contribution in [1.82, 2.24) is 4.98 Å². The van der Waals surface area contributed by atoms with Crippen LogP contribution in [0.1, 0.15) is 0 Å². The SMILES string of the molecule is OC[C@H]1O[C@@H](Oc2c[nH]c3cc(Cl)ccc23)[C@H](O)[C@H](O)[C@H]1O. The van der Waals surface area contributed by atoms with Gasteiger partial charge < -0.3 is 34.9 Å². The van der Waals surface area contributed by atoms with Gasteiger partial charge in [-0.2, -0.15) is 0 Å². The van der Waals surface area contributed by atoms with Crippen molar-refractivity contribution < 1.29 is 29.9 Å². The molecule has 3 rings (SSSR count). The molecule has 0 unspecified atom stereocenters. The summed E-state index contributed by atoms with van der Waals surface area (Å²) in [6.45, 7) is -0.506. The Morgan fingerprint density at radius 1 is 1.18 bits per heavy atom. The number of aliphatic hydroxyl groups is 4. The van der Waals surface area contributed by atoms with Crippen LogP contribution >= 0.6 is 11.6 Å². The summed E-state index contributed by atoms with van der Waals surface area (Å²) in [5.74, 6) is 0.399. The number of halogens is 1. The van der Waals surface area contributed by atoms with Gasteiger partial charge >= 0.3 is 0 Å². The number of aliphatic hydroxyl groups excluding tert-OH is 4. The van der Waals surface area contributed by atoms with Crippen molar-refractivity contribution in [2.45, 2.75) is 30.7 Å². The van der Waals surface area contributed by atoms with Gasteiger partial charge in [0, 0.05) is 16.6 Å². The highest BCUT2D eigenvalue weighted by atomic mass is 35.5. The molecule has 7 nitrogen and oxygen atoms in total. The Morgan fingerprint density at radius 2 is 1.95 bits per heavy atom. The highest BCUT2D eigenvalue weighted by molar-refractivity contribution is 6.31. The number of hydrogen-bond acceptors (Lipinski definition) is 6. The van der Waals surface area contributed by atoms with Crippen LogP contribution in [0.4, 0.5) is 0 Å². The molecule has 1 aliphatic rings. The molecule has 8 heteroatoms. The van der Waals surface area contributed by atoms with Crippen LogP contribution in [0.2, 0.25) is 5.02 Å². The second-order valence-electron chi connectivity index (χ2n) is 5.16. The number of hydrogen-bond donors (Lipinski definition) is 5. The third-order valence-electron chi connectivity index (χ3n) is 3.70. The smallest absolute Gasteiger partial charge is 0.229 e. The van der Waals surface area contributed by atoms with E-state index in [1.54, 1.807) is 24.4 Å². The molecule has 1 aromatic carbocycles. The van der Waals surface area contributed by atoms with Gasteiger partial charge in [-0.15, -0.1) is 0 Å². The van der Waals surface area contributed by atoms with E-state index in [0.29, 0.717) is 10.8 Å². The highest BCUT2D eigenvalue weighted by Crippen LogP contribution is 2.31. The fourth-order valence-electron chi connectivity index (χ4n) is 2.46. The highest BCUT2D eigenvalue weighted by Gasteiger charge is 2.44. The van der Waals surface area contributed by atoms with E-state index in [1.165, 1.54) is 0 Å². The average Bonchev–Trinajstić information content (AvgIpc) is 2.90. The van der Waals surface area contributed by atoms with Gasteiger partial charge in [-0.1, -0.05) is 11.6 Å². The third-order valence-corrected chi connectivity index (χ3v) is 3.93. The molecular weight excluding hydrogens is 314 g/mol. The van der Waals surface area contributed by atoms with Crippen LogP contribution in [-0.2, 0) is 4.74 Å². The molecule has 2 aromatic rings. The topological polar surface area (TPSA) is 115 Å². The maximum atomic E-state index is 9.96. The Bertz CT molecular complexity index is 660. The van der Waals surface area contributed by atoms with Gasteiger partial charge in [0.15, 0.2) is 0 Å². The minimum atomic E-state index is -1.48. The number of rotatable bonds is 3. The molecule has 0 saturated carbocycles. The summed E-state index contributed by atoms with van der Waals surface area (Å²) >= 11 is 5.90. The van der Waals surface area contributed by atoms with Crippen LogP contribution in [-0.4, -0.2) is 62.7 Å². The number of aromatic nitrogens is 1. The van der Waals surface area contributed by atoms with Crippen LogP contribution in [0.5, 0.6) is 5.75 Å². The molecule has 1 aromatic heterocycles. The summed E-state index contributed by atoms with van der Waals surface area (Å²) in [5.41, 5.74) is 0.743. The summed E-state index contributed by atoms with van der Waals surface area (Å²) in [5, 5.41) is 39.9. The summed E-state index contributed by atoms with van der Waals surface area (Å²) in [6.07, 6.45) is -5.00. The molecule has 0 bridgehead atoms. The fraction of sp³-hybridized carbons (Fsp3) is 0.429. The first-order valence-electron chi connectivity index (χ1n) is 6.75. The summed E-state index contributed by atoms with van der Waals surface area (Å²) in [7, 11) is 0. The van der Waals surface area contributed by atoms with Gasteiger partial charge in [-0.05, 0) is 18.2 Å². The maximum absolute atomic E-state index is 9.96. The van der Waals surface area contributed by atoms with Crippen molar-refractivity contribution in [3.63, 3.8) is 0 Å². The first-order chi connectivity index (χ1) is 10.5. The number of ether oxygens (including phenoxy) is 2. The van der Waals surface area contributed by atoms with Gasteiger partial charge in [-0.25, -0.2) is 0 Å². The zero-order valence-electron chi connectivity index (χ0n) is 11.4. The molecule has 1 saturated heterocycles. The standard InChI is InChI=1S/C14H16ClNO6/c15-6-1-2-7-8(3-6)16-4-9(7)21-14-13(20)12(19)11(18)10(5-17)22-14/h1-4,10-14,16-20H,5H2/t10-,11+,12-,13-,14-/m1/s1. The molecule has 1 aliphatic heterocycles. The Hall–Kier alpha value is -1.35. The van der Waals surface area contributed by atoms with Crippen molar-refractivity contribution in [2.75, 3.05) is 6.61 Å². The lowest BCUT2D eigenvalue weighted by molar-refractivity contribution is -0.277. The molecule has 2 heterocycles. The van der Waals surface area contributed by atoms with Gasteiger partial charge in [-0.3, -0.25) is 0 Å². The Labute approximate surface area is 130 Å². The lowest BCUT2D eigenvalue weighted by atomic mass is 9.99. The molecule has 22 heavy (non-hydrogen) atoms. The van der Waals surface area contributed by atoms with E-state index >= 15 is 0 Å². The number of fused-ring (bicyclic) bond motifs is 1. The van der Waals surface area contributed by atoms with Gasteiger partial charge in [0.1, 0.15) is 30.2 Å². The second kappa shape index (κ2) is 6.04. The zero-order valence-corrected chi connectivity index (χ0v) is 12.1. The van der Waals surface area contributed by atoms with E-state index < -0.39 is 37.3 Å². The van der Waals surface area contributed by atoms with Gasteiger partial charge in [0.2, 0.25) is 6.29 Å². The molecule has 120 valence electrons.